The average Bonchev–Trinajstić information content (AvgIpc) is 3.33. The third-order valence-corrected chi connectivity index (χ3v) is 5.23. The first-order valence-corrected chi connectivity index (χ1v) is 9.27. The number of hydroxylamine groups is 1. The lowest BCUT2D eigenvalue weighted by Gasteiger charge is -2.21. The Bertz CT molecular complexity index is 704. The topological polar surface area (TPSA) is 94.6 Å². The fourth-order valence-corrected chi connectivity index (χ4v) is 3.79. The smallest absolute Gasteiger partial charge is 0.267 e. The van der Waals surface area contributed by atoms with Gasteiger partial charge in [0.25, 0.3) is 5.91 Å². The molecule has 1 aromatic rings. The zero-order valence-electron chi connectivity index (χ0n) is 14.4. The summed E-state index contributed by atoms with van der Waals surface area (Å²) >= 11 is 6.27. The number of halogens is 1. The first-order valence-electron chi connectivity index (χ1n) is 8.90. The lowest BCUT2D eigenvalue weighted by atomic mass is 10.1. The minimum atomic E-state index is -0.624. The average molecular weight is 379 g/mol. The highest BCUT2D eigenvalue weighted by molar-refractivity contribution is 6.33. The minimum Gasteiger partial charge on any atom is -0.364 e. The maximum atomic E-state index is 12.5. The van der Waals surface area contributed by atoms with Gasteiger partial charge in [0.2, 0.25) is 5.91 Å². The first-order chi connectivity index (χ1) is 12.6. The van der Waals surface area contributed by atoms with Crippen molar-refractivity contribution in [1.29, 1.82) is 0 Å². The Kier molecular flexibility index (Phi) is 6.11. The van der Waals surface area contributed by atoms with Gasteiger partial charge in [0.1, 0.15) is 5.82 Å². The molecular weight excluding hydrogens is 356 g/mol. The van der Waals surface area contributed by atoms with Crippen LogP contribution in [0.4, 0.5) is 5.82 Å². The van der Waals surface area contributed by atoms with E-state index in [1.165, 1.54) is 17.6 Å². The first kappa shape index (κ1) is 18.7. The summed E-state index contributed by atoms with van der Waals surface area (Å²) in [4.78, 5) is 29.8. The van der Waals surface area contributed by atoms with Gasteiger partial charge in [-0.2, -0.15) is 0 Å². The quantitative estimate of drug-likeness (QED) is 0.415. The molecule has 1 aliphatic carbocycles. The van der Waals surface area contributed by atoms with Gasteiger partial charge in [-0.15, -0.1) is 0 Å². The van der Waals surface area contributed by atoms with E-state index < -0.39 is 5.91 Å². The van der Waals surface area contributed by atoms with E-state index in [4.69, 9.17) is 16.8 Å². The van der Waals surface area contributed by atoms with E-state index in [1.807, 2.05) is 4.90 Å². The molecule has 1 aliphatic heterocycles. The Labute approximate surface area is 157 Å². The molecule has 2 aliphatic rings. The molecule has 2 amide bonds. The molecule has 1 aromatic heterocycles. The van der Waals surface area contributed by atoms with Crippen molar-refractivity contribution in [2.45, 2.75) is 38.1 Å². The standard InChI is InChI=1S/C18H23ClN4O3/c19-15-9-12(5-6-16(24)22-26)10-20-17(15)21-14-7-8-23(11-14)18(25)13-3-1-2-4-13/h5-6,9-10,13-14,26H,1-4,7-8,11H2,(H,20,21)(H,22,24)/t14-/m1/s1. The second-order valence-electron chi connectivity index (χ2n) is 6.80. The van der Waals surface area contributed by atoms with Crippen LogP contribution in [0.15, 0.2) is 18.3 Å². The van der Waals surface area contributed by atoms with Gasteiger partial charge in [0, 0.05) is 37.3 Å². The van der Waals surface area contributed by atoms with Crippen LogP contribution < -0.4 is 10.8 Å². The predicted molar refractivity (Wildman–Crippen MR) is 98.8 cm³/mol. The molecule has 26 heavy (non-hydrogen) atoms. The Morgan fingerprint density at radius 1 is 1.31 bits per heavy atom. The molecule has 2 heterocycles. The zero-order valence-corrected chi connectivity index (χ0v) is 15.2. The van der Waals surface area contributed by atoms with Gasteiger partial charge < -0.3 is 10.2 Å². The third kappa shape index (κ3) is 4.53. The van der Waals surface area contributed by atoms with Gasteiger partial charge in [0.05, 0.1) is 5.02 Å². The summed E-state index contributed by atoms with van der Waals surface area (Å²) in [7, 11) is 0. The van der Waals surface area contributed by atoms with E-state index in [1.54, 1.807) is 12.3 Å². The maximum absolute atomic E-state index is 12.5. The highest BCUT2D eigenvalue weighted by Gasteiger charge is 2.32. The molecule has 1 atom stereocenters. The highest BCUT2D eigenvalue weighted by Crippen LogP contribution is 2.29. The van der Waals surface area contributed by atoms with E-state index in [9.17, 15) is 9.59 Å². The molecule has 3 rings (SSSR count). The number of rotatable bonds is 5. The molecule has 0 radical (unpaired) electrons. The summed E-state index contributed by atoms with van der Waals surface area (Å²) in [5.74, 6) is 0.433. The van der Waals surface area contributed by atoms with Crippen molar-refractivity contribution in [3.05, 3.63) is 28.9 Å². The lowest BCUT2D eigenvalue weighted by Crippen LogP contribution is -2.35. The molecule has 7 nitrogen and oxygen atoms in total. The third-order valence-electron chi connectivity index (χ3n) is 4.94. The molecule has 0 aromatic carbocycles. The van der Waals surface area contributed by atoms with Gasteiger partial charge in [-0.3, -0.25) is 14.8 Å². The summed E-state index contributed by atoms with van der Waals surface area (Å²) in [5, 5.41) is 12.2. The Morgan fingerprint density at radius 3 is 2.77 bits per heavy atom. The molecule has 0 bridgehead atoms. The van der Waals surface area contributed by atoms with Gasteiger partial charge >= 0.3 is 0 Å². The van der Waals surface area contributed by atoms with Crippen LogP contribution in [0.5, 0.6) is 0 Å². The fraction of sp³-hybridized carbons (Fsp3) is 0.500. The van der Waals surface area contributed by atoms with Crippen molar-refractivity contribution in [2.75, 3.05) is 18.4 Å². The molecule has 0 unspecified atom stereocenters. The van der Waals surface area contributed by atoms with Gasteiger partial charge in [-0.25, -0.2) is 10.5 Å². The second kappa shape index (κ2) is 8.51. The number of hydrogen-bond acceptors (Lipinski definition) is 5. The van der Waals surface area contributed by atoms with Gasteiger partial charge in [0.15, 0.2) is 0 Å². The van der Waals surface area contributed by atoms with Crippen molar-refractivity contribution in [3.8, 4) is 0 Å². The molecule has 2 fully saturated rings. The van der Waals surface area contributed by atoms with Gasteiger partial charge in [-0.1, -0.05) is 24.4 Å². The van der Waals surface area contributed by atoms with E-state index in [0.29, 0.717) is 22.9 Å². The number of carbonyl (C=O) groups is 2. The maximum Gasteiger partial charge on any atom is 0.267 e. The van der Waals surface area contributed by atoms with E-state index in [-0.39, 0.29) is 17.9 Å². The van der Waals surface area contributed by atoms with Crippen LogP contribution >= 0.6 is 11.6 Å². The number of nitrogens with zero attached hydrogens (tertiary/aromatic N) is 2. The number of aromatic nitrogens is 1. The van der Waals surface area contributed by atoms with Crippen LogP contribution in [0, 0.1) is 5.92 Å². The number of carbonyl (C=O) groups excluding carboxylic acids is 2. The molecule has 1 saturated heterocycles. The normalized spacial score (nSPS) is 20.7. The molecule has 8 heteroatoms. The number of hydrogen-bond donors (Lipinski definition) is 3. The van der Waals surface area contributed by atoms with E-state index >= 15 is 0 Å². The number of pyridine rings is 1. The Balaban J connectivity index is 1.56. The summed E-state index contributed by atoms with van der Waals surface area (Å²) in [6, 6.07) is 1.82. The Hall–Kier alpha value is -2.12. The van der Waals surface area contributed by atoms with Crippen molar-refractivity contribution in [2.24, 2.45) is 5.92 Å². The molecule has 0 spiro atoms. The molecule has 140 valence electrons. The predicted octanol–water partition coefficient (Wildman–Crippen LogP) is 2.46. The van der Waals surface area contributed by atoms with Crippen molar-refractivity contribution in [1.82, 2.24) is 15.4 Å². The second-order valence-corrected chi connectivity index (χ2v) is 7.21. The van der Waals surface area contributed by atoms with Crippen molar-refractivity contribution >= 4 is 35.3 Å². The van der Waals surface area contributed by atoms with E-state index in [0.717, 1.165) is 38.6 Å². The monoisotopic (exact) mass is 378 g/mol. The van der Waals surface area contributed by atoms with Crippen LogP contribution in [0.1, 0.15) is 37.7 Å². The summed E-state index contributed by atoms with van der Waals surface area (Å²) in [6.07, 6.45) is 9.50. The number of likely N-dealkylation sites (tertiary alicyclic amines) is 1. The van der Waals surface area contributed by atoms with Crippen LogP contribution in [0.2, 0.25) is 5.02 Å². The highest BCUT2D eigenvalue weighted by atomic mass is 35.5. The van der Waals surface area contributed by atoms with Crippen molar-refractivity contribution < 1.29 is 14.8 Å². The molecule has 3 N–H and O–H groups in total. The summed E-state index contributed by atoms with van der Waals surface area (Å²) in [5.41, 5.74) is 2.17. The van der Waals surface area contributed by atoms with Crippen molar-refractivity contribution in [3.63, 3.8) is 0 Å². The fourth-order valence-electron chi connectivity index (χ4n) is 3.56. The van der Waals surface area contributed by atoms with Crippen LogP contribution in [-0.4, -0.2) is 46.0 Å². The SMILES string of the molecule is O=C(C=Cc1cnc(N[C@@H]2CCN(C(=O)C3CCCC3)C2)c(Cl)c1)NO. The van der Waals surface area contributed by atoms with Crippen LogP contribution in [0.25, 0.3) is 6.08 Å². The summed E-state index contributed by atoms with van der Waals surface area (Å²) < 4.78 is 0. The minimum absolute atomic E-state index is 0.131. The Morgan fingerprint density at radius 2 is 2.08 bits per heavy atom. The number of nitrogens with one attached hydrogen (secondary N) is 2. The van der Waals surface area contributed by atoms with Crippen LogP contribution in [0.3, 0.4) is 0 Å². The van der Waals surface area contributed by atoms with Crippen LogP contribution in [-0.2, 0) is 9.59 Å². The lowest BCUT2D eigenvalue weighted by molar-refractivity contribution is -0.134. The zero-order chi connectivity index (χ0) is 18.5. The summed E-state index contributed by atoms with van der Waals surface area (Å²) in [6.45, 7) is 1.44. The van der Waals surface area contributed by atoms with E-state index in [2.05, 4.69) is 10.3 Å². The molecular formula is C18H23ClN4O3. The number of amides is 2. The number of anilines is 1. The molecule has 1 saturated carbocycles. The largest absolute Gasteiger partial charge is 0.364 e. The van der Waals surface area contributed by atoms with Gasteiger partial charge in [-0.05, 0) is 37.0 Å².